The highest BCUT2D eigenvalue weighted by molar-refractivity contribution is 6.37. The van der Waals surface area contributed by atoms with Crippen LogP contribution in [0.2, 0.25) is 10.0 Å². The first kappa shape index (κ1) is 31.6. The quantitative estimate of drug-likeness (QED) is 0.168. The van der Waals surface area contributed by atoms with Crippen LogP contribution >= 0.6 is 23.2 Å². The largest absolute Gasteiger partial charge is 0.507 e. The molecule has 1 aliphatic carbocycles. The van der Waals surface area contributed by atoms with Crippen LogP contribution in [-0.4, -0.2) is 15.3 Å². The Labute approximate surface area is 235 Å². The Morgan fingerprint density at radius 1 is 0.711 bits per heavy atom. The third-order valence-electron chi connectivity index (χ3n) is 7.12. The Morgan fingerprint density at radius 3 is 1.79 bits per heavy atom. The van der Waals surface area contributed by atoms with Gasteiger partial charge in [0.25, 0.3) is 0 Å². The smallest absolute Gasteiger partial charge is 0.188 e. The molecule has 0 unspecified atom stereocenters. The minimum Gasteiger partial charge on any atom is -0.507 e. The van der Waals surface area contributed by atoms with E-state index in [1.54, 1.807) is 20.8 Å². The van der Waals surface area contributed by atoms with E-state index in [1.165, 1.54) is 6.07 Å². The lowest BCUT2D eigenvalue weighted by Crippen LogP contribution is -2.15. The van der Waals surface area contributed by atoms with Gasteiger partial charge >= 0.3 is 0 Å². The maximum Gasteiger partial charge on any atom is 0.188 e. The Kier molecular flexibility index (Phi) is 10.1. The van der Waals surface area contributed by atoms with Crippen LogP contribution in [0.4, 0.5) is 0 Å². The van der Waals surface area contributed by atoms with Crippen molar-refractivity contribution in [2.75, 3.05) is 0 Å². The number of phenols is 1. The molecule has 1 heterocycles. The second kappa shape index (κ2) is 12.1. The molecule has 206 valence electrons. The zero-order chi connectivity index (χ0) is 29.4. The molecule has 38 heavy (non-hydrogen) atoms. The van der Waals surface area contributed by atoms with Crippen LogP contribution in [0.25, 0.3) is 33.4 Å². The molecule has 3 N–H and O–H groups in total. The number of phenolic OH excluding ortho intramolecular Hbond substituents is 1. The van der Waals surface area contributed by atoms with Crippen LogP contribution in [0.3, 0.4) is 0 Å². The number of aliphatic hydroxyl groups excluding tert-OH is 1. The van der Waals surface area contributed by atoms with Gasteiger partial charge in [0, 0.05) is 49.4 Å². The number of hydrogen-bond acceptors (Lipinski definition) is 5. The number of hydrogen-bond donors (Lipinski definition) is 3. The number of benzene rings is 3. The Balaban J connectivity index is 0.00000121. The van der Waals surface area contributed by atoms with Crippen molar-refractivity contribution >= 4 is 34.2 Å². The molecule has 0 bridgehead atoms. The average molecular weight is 562 g/mol. The van der Waals surface area contributed by atoms with E-state index < -0.39 is 6.29 Å². The van der Waals surface area contributed by atoms with Gasteiger partial charge < -0.3 is 19.7 Å². The summed E-state index contributed by atoms with van der Waals surface area (Å²) in [7, 11) is 0. The number of rotatable bonds is 2. The van der Waals surface area contributed by atoms with Gasteiger partial charge in [0.1, 0.15) is 17.1 Å². The summed E-state index contributed by atoms with van der Waals surface area (Å²) in [4.78, 5) is 13.0. The summed E-state index contributed by atoms with van der Waals surface area (Å²) in [6.07, 6.45) is -1.83. The lowest BCUT2D eigenvalue weighted by molar-refractivity contribution is -0.0423. The molecule has 1 aliphatic heterocycles. The standard InChI is InChI=1S/C27H26Cl2O5.2C2H6/c1-9-11(3)23(30)14(6)25-19(9)21(18-13(5)17(28)8-16(22(18)29)27(32)33)20-10(2)12(4)24(31)15(7)26(20)34-25;2*1-2/h8,27,30,32-33H,1-7H3;2*1-2H3. The summed E-state index contributed by atoms with van der Waals surface area (Å²) in [6.45, 7) is 20.6. The van der Waals surface area contributed by atoms with Crippen molar-refractivity contribution in [3.63, 3.8) is 0 Å². The molecule has 0 amide bonds. The maximum atomic E-state index is 13.0. The second-order valence-electron chi connectivity index (χ2n) is 8.95. The van der Waals surface area contributed by atoms with Gasteiger partial charge in [-0.05, 0) is 76.8 Å². The van der Waals surface area contributed by atoms with E-state index in [1.807, 2.05) is 55.4 Å². The SMILES string of the molecule is CC.CC.Cc1c(Cl)cc(C(O)O)c(Cl)c1-c1c2c(C)c(C)c(=O)c(C)c-2oc2c(C)c(O)c(C)c(C)c12. The van der Waals surface area contributed by atoms with Crippen LogP contribution < -0.4 is 5.43 Å². The third-order valence-corrected chi connectivity index (χ3v) is 7.92. The van der Waals surface area contributed by atoms with Crippen LogP contribution in [0.5, 0.6) is 5.75 Å². The molecule has 0 saturated heterocycles. The molecule has 2 aromatic rings. The zero-order valence-corrected chi connectivity index (χ0v) is 25.6. The maximum absolute atomic E-state index is 13.0. The fourth-order valence-electron chi connectivity index (χ4n) is 4.77. The van der Waals surface area contributed by atoms with E-state index in [0.29, 0.717) is 66.3 Å². The minimum absolute atomic E-state index is 0.0748. The molecule has 0 fully saturated rings. The van der Waals surface area contributed by atoms with Crippen molar-refractivity contribution in [1.29, 1.82) is 0 Å². The zero-order valence-electron chi connectivity index (χ0n) is 24.1. The molecule has 4 rings (SSSR count). The predicted molar refractivity (Wildman–Crippen MR) is 159 cm³/mol. The summed E-state index contributed by atoms with van der Waals surface area (Å²) in [6, 6.07) is 1.44. The van der Waals surface area contributed by atoms with Crippen molar-refractivity contribution < 1.29 is 19.7 Å². The van der Waals surface area contributed by atoms with Crippen LogP contribution in [0.1, 0.15) is 78.5 Å². The fraction of sp³-hybridized carbons (Fsp3) is 0.387. The van der Waals surface area contributed by atoms with Crippen molar-refractivity contribution in [3.05, 3.63) is 70.8 Å². The summed E-state index contributed by atoms with van der Waals surface area (Å²) >= 11 is 13.4. The topological polar surface area (TPSA) is 90.9 Å². The minimum atomic E-state index is -1.83. The highest BCUT2D eigenvalue weighted by Crippen LogP contribution is 2.51. The third kappa shape index (κ3) is 4.82. The van der Waals surface area contributed by atoms with Crippen molar-refractivity contribution in [3.8, 4) is 28.2 Å². The van der Waals surface area contributed by atoms with Gasteiger partial charge in [0.15, 0.2) is 11.7 Å². The van der Waals surface area contributed by atoms with E-state index in [-0.39, 0.29) is 21.8 Å². The van der Waals surface area contributed by atoms with E-state index in [4.69, 9.17) is 27.6 Å². The van der Waals surface area contributed by atoms with Crippen LogP contribution in [-0.2, 0) is 0 Å². The average Bonchev–Trinajstić information content (AvgIpc) is 2.91. The molecule has 0 saturated carbocycles. The van der Waals surface area contributed by atoms with E-state index in [2.05, 4.69) is 0 Å². The molecule has 0 radical (unpaired) electrons. The van der Waals surface area contributed by atoms with Crippen molar-refractivity contribution in [1.82, 2.24) is 0 Å². The predicted octanol–water partition coefficient (Wildman–Crippen LogP) is 8.77. The number of halogens is 2. The Morgan fingerprint density at radius 2 is 1.26 bits per heavy atom. The normalized spacial score (nSPS) is 10.9. The van der Waals surface area contributed by atoms with Crippen LogP contribution in [0, 0.1) is 48.5 Å². The Hall–Kier alpha value is -2.57. The summed E-state index contributed by atoms with van der Waals surface area (Å²) in [5.74, 6) is 0.506. The van der Waals surface area contributed by atoms with E-state index >= 15 is 0 Å². The molecular formula is C31H38Cl2O5. The highest BCUT2D eigenvalue weighted by Gasteiger charge is 2.30. The summed E-state index contributed by atoms with van der Waals surface area (Å²) in [5.41, 5.74) is 6.68. The summed E-state index contributed by atoms with van der Waals surface area (Å²) in [5, 5.41) is 32.0. The first-order valence-electron chi connectivity index (χ1n) is 12.8. The number of aromatic hydroxyl groups is 1. The van der Waals surface area contributed by atoms with Crippen molar-refractivity contribution in [2.45, 2.75) is 82.5 Å². The van der Waals surface area contributed by atoms with Crippen molar-refractivity contribution in [2.24, 2.45) is 0 Å². The summed E-state index contributed by atoms with van der Waals surface area (Å²) < 4.78 is 6.36. The lowest BCUT2D eigenvalue weighted by atomic mass is 9.82. The number of fused-ring (bicyclic) bond motifs is 2. The van der Waals surface area contributed by atoms with Gasteiger partial charge in [0.2, 0.25) is 0 Å². The molecule has 0 aromatic heterocycles. The Bertz CT molecular complexity index is 1550. The monoisotopic (exact) mass is 560 g/mol. The second-order valence-corrected chi connectivity index (χ2v) is 9.73. The first-order valence-corrected chi connectivity index (χ1v) is 13.6. The fourth-order valence-corrected chi connectivity index (χ4v) is 5.37. The van der Waals surface area contributed by atoms with Gasteiger partial charge in [-0.25, -0.2) is 0 Å². The first-order chi connectivity index (χ1) is 17.8. The van der Waals surface area contributed by atoms with Gasteiger partial charge in [0.05, 0.1) is 5.02 Å². The van der Waals surface area contributed by atoms with Gasteiger partial charge in [-0.3, -0.25) is 4.79 Å². The number of aryl methyl sites for hydroxylation is 2. The number of aliphatic hydroxyl groups is 2. The molecule has 2 aliphatic rings. The van der Waals surface area contributed by atoms with E-state index in [9.17, 15) is 20.1 Å². The molecule has 7 heteroatoms. The highest BCUT2D eigenvalue weighted by atomic mass is 35.5. The lowest BCUT2D eigenvalue weighted by Gasteiger charge is -2.25. The molecule has 0 spiro atoms. The molecular weight excluding hydrogens is 523 g/mol. The van der Waals surface area contributed by atoms with E-state index in [0.717, 1.165) is 11.1 Å². The molecule has 5 nitrogen and oxygen atoms in total. The van der Waals surface area contributed by atoms with Crippen LogP contribution in [0.15, 0.2) is 15.3 Å². The van der Waals surface area contributed by atoms with Gasteiger partial charge in [-0.1, -0.05) is 50.9 Å². The van der Waals surface area contributed by atoms with Gasteiger partial charge in [-0.2, -0.15) is 0 Å². The molecule has 0 atom stereocenters. The van der Waals surface area contributed by atoms with Gasteiger partial charge in [-0.15, -0.1) is 0 Å². The molecule has 2 aromatic carbocycles.